The van der Waals surface area contributed by atoms with E-state index >= 15 is 0 Å². The molecule has 1 unspecified atom stereocenters. The molecule has 1 aromatic rings. The average molecular weight is 206 g/mol. The minimum Gasteiger partial charge on any atom is -0.508 e. The number of aromatic hydroxyl groups is 1. The predicted molar refractivity (Wildman–Crippen MR) is 62.4 cm³/mol. The lowest BCUT2D eigenvalue weighted by Gasteiger charge is -2.25. The summed E-state index contributed by atoms with van der Waals surface area (Å²) in [5, 5.41) is 16.2. The second-order valence-electron chi connectivity index (χ2n) is 4.19. The molecule has 1 aromatic carbocycles. The van der Waals surface area contributed by atoms with Gasteiger partial charge in [-0.1, -0.05) is 0 Å². The van der Waals surface area contributed by atoms with Crippen molar-refractivity contribution in [3.8, 4) is 5.75 Å². The quantitative estimate of drug-likeness (QED) is 0.647. The van der Waals surface area contributed by atoms with Crippen LogP contribution in [0, 0.1) is 6.92 Å². The molecule has 82 valence electrons. The molecule has 1 heterocycles. The Kier molecular flexibility index (Phi) is 3.11. The highest BCUT2D eigenvalue weighted by Gasteiger charge is 2.13. The van der Waals surface area contributed by atoms with E-state index in [4.69, 9.17) is 0 Å². The normalized spacial score (nSPS) is 21.3. The first kappa shape index (κ1) is 10.3. The van der Waals surface area contributed by atoms with Crippen molar-refractivity contribution in [2.24, 2.45) is 0 Å². The fourth-order valence-electron chi connectivity index (χ4n) is 2.00. The van der Waals surface area contributed by atoms with Gasteiger partial charge in [0.1, 0.15) is 5.75 Å². The average Bonchev–Trinajstić information content (AvgIpc) is 2.24. The van der Waals surface area contributed by atoms with Gasteiger partial charge in [0.25, 0.3) is 0 Å². The Bertz CT molecular complexity index is 332. The maximum atomic E-state index is 9.30. The Morgan fingerprint density at radius 3 is 3.00 bits per heavy atom. The smallest absolute Gasteiger partial charge is 0.115 e. The van der Waals surface area contributed by atoms with Gasteiger partial charge in [0, 0.05) is 18.3 Å². The van der Waals surface area contributed by atoms with E-state index in [-0.39, 0.29) is 0 Å². The van der Waals surface area contributed by atoms with Crippen molar-refractivity contribution in [2.45, 2.75) is 25.8 Å². The molecule has 0 bridgehead atoms. The number of benzene rings is 1. The summed E-state index contributed by atoms with van der Waals surface area (Å²) in [7, 11) is 0. The molecular formula is C12H18N2O. The van der Waals surface area contributed by atoms with Crippen LogP contribution in [-0.4, -0.2) is 24.2 Å². The lowest BCUT2D eigenvalue weighted by Crippen LogP contribution is -2.38. The van der Waals surface area contributed by atoms with Gasteiger partial charge in [-0.25, -0.2) is 0 Å². The van der Waals surface area contributed by atoms with Crippen molar-refractivity contribution < 1.29 is 5.11 Å². The Hall–Kier alpha value is -1.22. The van der Waals surface area contributed by atoms with Gasteiger partial charge in [0.05, 0.1) is 0 Å². The summed E-state index contributed by atoms with van der Waals surface area (Å²) >= 11 is 0. The summed E-state index contributed by atoms with van der Waals surface area (Å²) in [6.07, 6.45) is 2.45. The van der Waals surface area contributed by atoms with E-state index in [0.717, 1.165) is 24.3 Å². The van der Waals surface area contributed by atoms with E-state index < -0.39 is 0 Å². The van der Waals surface area contributed by atoms with Crippen LogP contribution >= 0.6 is 0 Å². The van der Waals surface area contributed by atoms with Crippen LogP contribution in [0.3, 0.4) is 0 Å². The second kappa shape index (κ2) is 4.53. The first-order chi connectivity index (χ1) is 7.25. The number of anilines is 1. The van der Waals surface area contributed by atoms with Gasteiger partial charge in [-0.15, -0.1) is 0 Å². The largest absolute Gasteiger partial charge is 0.508 e. The topological polar surface area (TPSA) is 44.3 Å². The zero-order valence-corrected chi connectivity index (χ0v) is 9.09. The highest BCUT2D eigenvalue weighted by molar-refractivity contribution is 5.54. The summed E-state index contributed by atoms with van der Waals surface area (Å²) in [6.45, 7) is 4.17. The number of piperidine rings is 1. The SMILES string of the molecule is Cc1cc(O)ccc1NC1CCCNC1. The third kappa shape index (κ3) is 2.63. The van der Waals surface area contributed by atoms with E-state index in [1.54, 1.807) is 12.1 Å². The number of phenols is 1. The Balaban J connectivity index is 2.03. The van der Waals surface area contributed by atoms with E-state index in [1.807, 2.05) is 13.0 Å². The van der Waals surface area contributed by atoms with Crippen molar-refractivity contribution in [3.05, 3.63) is 23.8 Å². The monoisotopic (exact) mass is 206 g/mol. The number of hydrogen-bond acceptors (Lipinski definition) is 3. The summed E-state index contributed by atoms with van der Waals surface area (Å²) in [5.74, 6) is 0.333. The van der Waals surface area contributed by atoms with Crippen LogP contribution in [0.2, 0.25) is 0 Å². The summed E-state index contributed by atoms with van der Waals surface area (Å²) in [6, 6.07) is 5.98. The summed E-state index contributed by atoms with van der Waals surface area (Å²) in [4.78, 5) is 0. The van der Waals surface area contributed by atoms with Crippen LogP contribution in [0.1, 0.15) is 18.4 Å². The molecule has 0 saturated carbocycles. The van der Waals surface area contributed by atoms with E-state index in [0.29, 0.717) is 11.8 Å². The van der Waals surface area contributed by atoms with Crippen LogP contribution in [-0.2, 0) is 0 Å². The van der Waals surface area contributed by atoms with Crippen molar-refractivity contribution in [3.63, 3.8) is 0 Å². The molecule has 2 rings (SSSR count). The van der Waals surface area contributed by atoms with Gasteiger partial charge in [0.15, 0.2) is 0 Å². The Morgan fingerprint density at radius 1 is 1.47 bits per heavy atom. The number of hydrogen-bond donors (Lipinski definition) is 3. The van der Waals surface area contributed by atoms with Gasteiger partial charge in [-0.3, -0.25) is 0 Å². The summed E-state index contributed by atoms with van der Waals surface area (Å²) in [5.41, 5.74) is 2.22. The summed E-state index contributed by atoms with van der Waals surface area (Å²) < 4.78 is 0. The lowest BCUT2D eigenvalue weighted by molar-refractivity contribution is 0.473. The van der Waals surface area contributed by atoms with Crippen molar-refractivity contribution >= 4 is 5.69 Å². The van der Waals surface area contributed by atoms with Crippen molar-refractivity contribution in [1.82, 2.24) is 5.32 Å². The number of rotatable bonds is 2. The maximum Gasteiger partial charge on any atom is 0.115 e. The predicted octanol–water partition coefficient (Wildman–Crippen LogP) is 1.86. The molecule has 1 fully saturated rings. The van der Waals surface area contributed by atoms with E-state index in [2.05, 4.69) is 10.6 Å². The van der Waals surface area contributed by atoms with Crippen molar-refractivity contribution in [1.29, 1.82) is 0 Å². The molecule has 3 nitrogen and oxygen atoms in total. The van der Waals surface area contributed by atoms with Gasteiger partial charge in [0.2, 0.25) is 0 Å². The first-order valence-corrected chi connectivity index (χ1v) is 5.52. The fourth-order valence-corrected chi connectivity index (χ4v) is 2.00. The van der Waals surface area contributed by atoms with Gasteiger partial charge < -0.3 is 15.7 Å². The second-order valence-corrected chi connectivity index (χ2v) is 4.19. The van der Waals surface area contributed by atoms with Gasteiger partial charge >= 0.3 is 0 Å². The van der Waals surface area contributed by atoms with Crippen LogP contribution in [0.15, 0.2) is 18.2 Å². The molecule has 0 aromatic heterocycles. The highest BCUT2D eigenvalue weighted by atomic mass is 16.3. The maximum absolute atomic E-state index is 9.30. The number of nitrogens with one attached hydrogen (secondary N) is 2. The van der Waals surface area contributed by atoms with Crippen molar-refractivity contribution in [2.75, 3.05) is 18.4 Å². The van der Waals surface area contributed by atoms with Crippen LogP contribution < -0.4 is 10.6 Å². The van der Waals surface area contributed by atoms with Crippen LogP contribution in [0.5, 0.6) is 5.75 Å². The van der Waals surface area contributed by atoms with Crippen LogP contribution in [0.25, 0.3) is 0 Å². The minimum atomic E-state index is 0.333. The molecule has 1 aliphatic heterocycles. The third-order valence-electron chi connectivity index (χ3n) is 2.87. The Labute approximate surface area is 90.5 Å². The molecule has 15 heavy (non-hydrogen) atoms. The molecule has 1 atom stereocenters. The molecule has 1 aliphatic rings. The van der Waals surface area contributed by atoms with Gasteiger partial charge in [-0.2, -0.15) is 0 Å². The first-order valence-electron chi connectivity index (χ1n) is 5.52. The number of aryl methyl sites for hydroxylation is 1. The number of phenolic OH excluding ortho intramolecular Hbond substituents is 1. The van der Waals surface area contributed by atoms with Gasteiger partial charge in [-0.05, 0) is 50.1 Å². The molecule has 0 amide bonds. The third-order valence-corrected chi connectivity index (χ3v) is 2.87. The molecule has 0 aliphatic carbocycles. The molecule has 1 saturated heterocycles. The van der Waals surface area contributed by atoms with E-state index in [9.17, 15) is 5.11 Å². The highest BCUT2D eigenvalue weighted by Crippen LogP contribution is 2.21. The molecule has 3 N–H and O–H groups in total. The van der Waals surface area contributed by atoms with E-state index in [1.165, 1.54) is 12.8 Å². The zero-order valence-electron chi connectivity index (χ0n) is 9.09. The lowest BCUT2D eigenvalue weighted by atomic mass is 10.1. The molecular weight excluding hydrogens is 188 g/mol. The molecule has 3 heteroatoms. The van der Waals surface area contributed by atoms with Crippen LogP contribution in [0.4, 0.5) is 5.69 Å². The standard InChI is InChI=1S/C12H18N2O/c1-9-7-11(15)4-5-12(9)14-10-3-2-6-13-8-10/h4-5,7,10,13-15H,2-3,6,8H2,1H3. The molecule has 0 radical (unpaired) electrons. The fraction of sp³-hybridized carbons (Fsp3) is 0.500. The Morgan fingerprint density at radius 2 is 2.33 bits per heavy atom. The zero-order chi connectivity index (χ0) is 10.7. The molecule has 0 spiro atoms. The minimum absolute atomic E-state index is 0.333.